The number of thiocarbonyl (C=S) groups is 1. The number of esters is 1. The van der Waals surface area contributed by atoms with Crippen LogP contribution in [0, 0.1) is 17.1 Å². The highest BCUT2D eigenvalue weighted by Crippen LogP contribution is 2.36. The Labute approximate surface area is 184 Å². The van der Waals surface area contributed by atoms with E-state index in [1.807, 2.05) is 0 Å². The number of anilines is 2. The van der Waals surface area contributed by atoms with E-state index in [4.69, 9.17) is 22.2 Å². The van der Waals surface area contributed by atoms with E-state index in [9.17, 15) is 27.2 Å². The number of nitriles is 1. The number of methoxy groups -OCH3 is 1. The number of carbonyl (C=O) groups is 2. The third-order valence-electron chi connectivity index (χ3n) is 4.45. The zero-order chi connectivity index (χ0) is 23.6. The highest BCUT2D eigenvalue weighted by atomic mass is 32.1. The molecule has 0 spiro atoms. The molecule has 2 aromatic carbocycles. The van der Waals surface area contributed by atoms with Gasteiger partial charge in [0.1, 0.15) is 6.54 Å². The lowest BCUT2D eigenvalue weighted by atomic mass is 10.1. The second kappa shape index (κ2) is 8.80. The first kappa shape index (κ1) is 23.0. The summed E-state index contributed by atoms with van der Waals surface area (Å²) in [5.41, 5.74) is -1.82. The maximum Gasteiger partial charge on any atom is 0.417 e. The maximum absolute atomic E-state index is 14.4. The van der Waals surface area contributed by atoms with Crippen molar-refractivity contribution in [2.45, 2.75) is 6.18 Å². The number of rotatable bonds is 5. The van der Waals surface area contributed by atoms with Gasteiger partial charge < -0.3 is 14.4 Å². The van der Waals surface area contributed by atoms with Crippen LogP contribution < -0.4 is 14.5 Å². The number of alkyl halides is 3. The van der Waals surface area contributed by atoms with E-state index in [-0.39, 0.29) is 28.8 Å². The molecule has 0 atom stereocenters. The molecule has 0 aromatic heterocycles. The fraction of sp³-hybridized carbons (Fsp3) is 0.200. The van der Waals surface area contributed by atoms with Gasteiger partial charge in [0.05, 0.1) is 30.0 Å². The van der Waals surface area contributed by atoms with E-state index < -0.39 is 41.6 Å². The van der Waals surface area contributed by atoms with Gasteiger partial charge in [-0.15, -0.1) is 0 Å². The van der Waals surface area contributed by atoms with Crippen molar-refractivity contribution >= 4 is 40.6 Å². The molecular formula is C20H13F4N3O4S. The van der Waals surface area contributed by atoms with Gasteiger partial charge in [0.2, 0.25) is 0 Å². The number of hydrogen-bond acceptors (Lipinski definition) is 6. The summed E-state index contributed by atoms with van der Waals surface area (Å²) in [7, 11) is 1.15. The number of carbonyl (C=O) groups excluding carboxylic acids is 2. The Bertz CT molecular complexity index is 1150. The van der Waals surface area contributed by atoms with Crippen LogP contribution in [0.15, 0.2) is 36.4 Å². The maximum atomic E-state index is 14.4. The number of nitrogens with zero attached hydrogens (tertiary/aromatic N) is 3. The molecule has 166 valence electrons. The Morgan fingerprint density at radius 1 is 1.22 bits per heavy atom. The summed E-state index contributed by atoms with van der Waals surface area (Å²) in [6.45, 7) is -0.858. The zero-order valence-corrected chi connectivity index (χ0v) is 17.1. The van der Waals surface area contributed by atoms with Crippen LogP contribution in [0.2, 0.25) is 0 Å². The van der Waals surface area contributed by atoms with Crippen molar-refractivity contribution in [2.24, 2.45) is 0 Å². The number of hydrogen-bond donors (Lipinski definition) is 0. The summed E-state index contributed by atoms with van der Waals surface area (Å²) < 4.78 is 63.6. The van der Waals surface area contributed by atoms with Gasteiger partial charge in [-0.2, -0.15) is 18.4 Å². The SMILES string of the molecule is COC(=O)COc1ccc(N2CC(=O)N(c3ccc(C#N)c(C(F)(F)F)c3)C2=S)cc1F. The molecule has 1 heterocycles. The molecule has 1 fully saturated rings. The summed E-state index contributed by atoms with van der Waals surface area (Å²) in [6.07, 6.45) is -4.81. The Morgan fingerprint density at radius 2 is 1.91 bits per heavy atom. The van der Waals surface area contributed by atoms with Crippen LogP contribution in [0.1, 0.15) is 11.1 Å². The second-order valence-corrected chi connectivity index (χ2v) is 6.78. The molecule has 1 saturated heterocycles. The van der Waals surface area contributed by atoms with Crippen molar-refractivity contribution in [3.05, 3.63) is 53.3 Å². The normalized spacial score (nSPS) is 13.9. The predicted octanol–water partition coefficient (Wildman–Crippen LogP) is 3.41. The zero-order valence-electron chi connectivity index (χ0n) is 16.3. The summed E-state index contributed by atoms with van der Waals surface area (Å²) in [5.74, 6) is -2.44. The summed E-state index contributed by atoms with van der Waals surface area (Å²) in [5, 5.41) is 8.76. The number of halogens is 4. The smallest absolute Gasteiger partial charge is 0.417 e. The highest BCUT2D eigenvalue weighted by Gasteiger charge is 2.38. The van der Waals surface area contributed by atoms with Crippen LogP contribution in [0.5, 0.6) is 5.75 Å². The minimum Gasteiger partial charge on any atom is -0.479 e. The average molecular weight is 467 g/mol. The molecule has 0 unspecified atom stereocenters. The molecule has 3 rings (SSSR count). The van der Waals surface area contributed by atoms with E-state index in [1.165, 1.54) is 29.2 Å². The molecule has 0 N–H and O–H groups in total. The quantitative estimate of drug-likeness (QED) is 0.379. The monoisotopic (exact) mass is 467 g/mol. The minimum absolute atomic E-state index is 0.151. The molecular weight excluding hydrogens is 454 g/mol. The van der Waals surface area contributed by atoms with Crippen LogP contribution in [-0.2, 0) is 20.5 Å². The lowest BCUT2D eigenvalue weighted by molar-refractivity contribution is -0.143. The fourth-order valence-electron chi connectivity index (χ4n) is 2.93. The largest absolute Gasteiger partial charge is 0.479 e. The topological polar surface area (TPSA) is 82.9 Å². The van der Waals surface area contributed by atoms with Gasteiger partial charge in [0, 0.05) is 11.8 Å². The van der Waals surface area contributed by atoms with Crippen LogP contribution in [0.4, 0.5) is 28.9 Å². The number of ether oxygens (including phenoxy) is 2. The molecule has 32 heavy (non-hydrogen) atoms. The minimum atomic E-state index is -4.81. The van der Waals surface area contributed by atoms with E-state index in [0.29, 0.717) is 6.07 Å². The second-order valence-electron chi connectivity index (χ2n) is 6.42. The van der Waals surface area contributed by atoms with Gasteiger partial charge in [0.15, 0.2) is 23.3 Å². The highest BCUT2D eigenvalue weighted by molar-refractivity contribution is 7.81. The van der Waals surface area contributed by atoms with Crippen LogP contribution in [0.25, 0.3) is 0 Å². The Balaban J connectivity index is 1.88. The molecule has 1 amide bonds. The van der Waals surface area contributed by atoms with Gasteiger partial charge >= 0.3 is 12.1 Å². The van der Waals surface area contributed by atoms with Crippen LogP contribution in [0.3, 0.4) is 0 Å². The third kappa shape index (κ3) is 4.47. The van der Waals surface area contributed by atoms with E-state index in [1.54, 1.807) is 0 Å². The molecule has 7 nitrogen and oxygen atoms in total. The van der Waals surface area contributed by atoms with E-state index >= 15 is 0 Å². The van der Waals surface area contributed by atoms with Crippen molar-refractivity contribution in [1.29, 1.82) is 5.26 Å². The fourth-order valence-corrected chi connectivity index (χ4v) is 3.31. The third-order valence-corrected chi connectivity index (χ3v) is 4.86. The first-order valence-corrected chi connectivity index (χ1v) is 9.22. The van der Waals surface area contributed by atoms with Gasteiger partial charge in [-0.1, -0.05) is 0 Å². The summed E-state index contributed by atoms with van der Waals surface area (Å²) in [4.78, 5) is 25.8. The van der Waals surface area contributed by atoms with Crippen molar-refractivity contribution < 1.29 is 36.6 Å². The molecule has 1 aliphatic rings. The van der Waals surface area contributed by atoms with Gasteiger partial charge in [-0.3, -0.25) is 9.69 Å². The van der Waals surface area contributed by atoms with Crippen molar-refractivity contribution in [2.75, 3.05) is 30.1 Å². The molecule has 0 radical (unpaired) electrons. The molecule has 12 heteroatoms. The molecule has 2 aromatic rings. The Kier molecular flexibility index (Phi) is 6.31. The Morgan fingerprint density at radius 3 is 2.50 bits per heavy atom. The average Bonchev–Trinajstić information content (AvgIpc) is 3.05. The molecule has 0 saturated carbocycles. The first-order valence-electron chi connectivity index (χ1n) is 8.81. The molecule has 0 bridgehead atoms. The van der Waals surface area contributed by atoms with Gasteiger partial charge in [-0.25, -0.2) is 9.18 Å². The standard InChI is InChI=1S/C20H13F4N3O4S/c1-30-18(29)10-31-16-5-4-12(7-15(16)21)26-9-17(28)27(19(26)32)13-3-2-11(8-25)14(6-13)20(22,23)24/h2-7H,9-10H2,1H3. The van der Waals surface area contributed by atoms with Crippen LogP contribution >= 0.6 is 12.2 Å². The predicted molar refractivity (Wildman–Crippen MR) is 108 cm³/mol. The lowest BCUT2D eigenvalue weighted by Crippen LogP contribution is -2.33. The lowest BCUT2D eigenvalue weighted by Gasteiger charge is -2.22. The molecule has 1 aliphatic heterocycles. The van der Waals surface area contributed by atoms with Crippen molar-refractivity contribution in [1.82, 2.24) is 0 Å². The van der Waals surface area contributed by atoms with Crippen molar-refractivity contribution in [3.63, 3.8) is 0 Å². The van der Waals surface area contributed by atoms with Gasteiger partial charge in [0.25, 0.3) is 5.91 Å². The van der Waals surface area contributed by atoms with Crippen molar-refractivity contribution in [3.8, 4) is 11.8 Å². The van der Waals surface area contributed by atoms with Crippen LogP contribution in [-0.4, -0.2) is 37.3 Å². The van der Waals surface area contributed by atoms with Gasteiger partial charge in [-0.05, 0) is 42.5 Å². The number of amides is 1. The first-order chi connectivity index (χ1) is 15.1. The van der Waals surface area contributed by atoms with E-state index in [0.717, 1.165) is 24.1 Å². The summed E-state index contributed by atoms with van der Waals surface area (Å²) in [6, 6.07) is 7.84. The summed E-state index contributed by atoms with van der Waals surface area (Å²) >= 11 is 5.25. The Hall–Kier alpha value is -3.72. The molecule has 0 aliphatic carbocycles. The van der Waals surface area contributed by atoms with E-state index in [2.05, 4.69) is 4.74 Å². The number of benzene rings is 2.